The number of anilines is 2. The van der Waals surface area contributed by atoms with E-state index in [1.807, 2.05) is 13.0 Å². The van der Waals surface area contributed by atoms with Gasteiger partial charge in [0.1, 0.15) is 24.2 Å². The van der Waals surface area contributed by atoms with Gasteiger partial charge in [-0.15, -0.1) is 0 Å². The number of hydrogen-bond donors (Lipinski definition) is 3. The van der Waals surface area contributed by atoms with Crippen molar-refractivity contribution in [1.29, 1.82) is 0 Å². The molecule has 0 spiro atoms. The highest BCUT2D eigenvalue weighted by atomic mass is 35.5. The minimum Gasteiger partial charge on any atom is -0.490 e. The lowest BCUT2D eigenvalue weighted by molar-refractivity contribution is -0.136. The topological polar surface area (TPSA) is 165 Å². The Balaban J connectivity index is 0.788. The van der Waals surface area contributed by atoms with Crippen molar-refractivity contribution in [1.82, 2.24) is 15.2 Å². The molecule has 3 heterocycles. The molecule has 1 saturated carbocycles. The van der Waals surface area contributed by atoms with Crippen LogP contribution in [0.4, 0.5) is 15.8 Å². The number of nitrogens with zero attached hydrogens (tertiary/aromatic N) is 2. The van der Waals surface area contributed by atoms with E-state index in [-0.39, 0.29) is 60.7 Å². The maximum absolute atomic E-state index is 14.0. The SMILES string of the molecule is C[C@@H](C(=O)Nc1ccc(Cl)c(OCCOCCOCCNc2cccc3c2C(=O)N(C2CCC(=O)NC2=O)C3=O)c1)C1CCC(c2ccnc3ccc(F)cc23)CC1. The standard InChI is InChI=1S/C43H45ClFN5O8/c1-25(26-5-7-27(8-6-26)30-15-16-46-34-12-9-28(45)23-32(30)34)40(52)48-29-10-11-33(44)37(24-29)58-22-21-57-20-19-56-18-17-47-35-4-2-3-31-39(35)43(55)50(42(31)54)36-13-14-38(51)49-41(36)53/h2-4,9-12,15-16,23-27,36,47H,5-8,13-14,17-22H2,1H3,(H,48,52)(H,49,51,53)/t25-,26?,27?,36?/m1/s1. The Labute approximate surface area is 339 Å². The highest BCUT2D eigenvalue weighted by Crippen LogP contribution is 2.41. The van der Waals surface area contributed by atoms with Gasteiger partial charge in [0.2, 0.25) is 17.7 Å². The van der Waals surface area contributed by atoms with Crippen LogP contribution in [0.1, 0.15) is 77.6 Å². The number of halogens is 2. The minimum absolute atomic E-state index is 0.0502. The van der Waals surface area contributed by atoms with Crippen LogP contribution in [0.5, 0.6) is 5.75 Å². The predicted molar refractivity (Wildman–Crippen MR) is 214 cm³/mol. The van der Waals surface area contributed by atoms with Crippen molar-refractivity contribution in [3.05, 3.63) is 94.4 Å². The number of benzene rings is 3. The minimum atomic E-state index is -1.03. The van der Waals surface area contributed by atoms with Gasteiger partial charge >= 0.3 is 0 Å². The fourth-order valence-corrected chi connectivity index (χ4v) is 8.21. The van der Waals surface area contributed by atoms with E-state index < -0.39 is 29.7 Å². The second-order valence-corrected chi connectivity index (χ2v) is 15.2. The van der Waals surface area contributed by atoms with Crippen LogP contribution in [-0.4, -0.2) is 85.0 Å². The highest BCUT2D eigenvalue weighted by Gasteiger charge is 2.45. The first kappa shape index (κ1) is 40.7. The number of rotatable bonds is 16. The lowest BCUT2D eigenvalue weighted by Crippen LogP contribution is -2.54. The van der Waals surface area contributed by atoms with Gasteiger partial charge in [-0.3, -0.25) is 39.2 Å². The van der Waals surface area contributed by atoms with Crippen molar-refractivity contribution in [3.8, 4) is 5.75 Å². The Kier molecular flexibility index (Phi) is 12.9. The van der Waals surface area contributed by atoms with E-state index in [0.717, 1.165) is 47.0 Å². The third-order valence-corrected chi connectivity index (χ3v) is 11.5. The molecule has 2 aliphatic heterocycles. The summed E-state index contributed by atoms with van der Waals surface area (Å²) in [5.41, 5.74) is 3.33. The summed E-state index contributed by atoms with van der Waals surface area (Å²) in [6, 6.07) is 15.7. The first-order valence-electron chi connectivity index (χ1n) is 19.6. The molecule has 0 radical (unpaired) electrons. The summed E-state index contributed by atoms with van der Waals surface area (Å²) < 4.78 is 31.2. The van der Waals surface area contributed by atoms with Crippen molar-refractivity contribution in [2.45, 2.75) is 57.4 Å². The van der Waals surface area contributed by atoms with Crippen molar-refractivity contribution in [2.24, 2.45) is 11.8 Å². The van der Waals surface area contributed by atoms with Crippen molar-refractivity contribution >= 4 is 63.4 Å². The second kappa shape index (κ2) is 18.4. The monoisotopic (exact) mass is 813 g/mol. The quantitative estimate of drug-likeness (QED) is 0.0840. The molecule has 1 unspecified atom stereocenters. The molecule has 3 aliphatic rings. The van der Waals surface area contributed by atoms with E-state index >= 15 is 0 Å². The van der Waals surface area contributed by atoms with Crippen molar-refractivity contribution in [3.63, 3.8) is 0 Å². The zero-order valence-corrected chi connectivity index (χ0v) is 32.8. The van der Waals surface area contributed by atoms with E-state index in [4.69, 9.17) is 25.8 Å². The van der Waals surface area contributed by atoms with E-state index in [1.54, 1.807) is 54.7 Å². The fraction of sp³-hybridized carbons (Fsp3) is 0.395. The summed E-state index contributed by atoms with van der Waals surface area (Å²) in [6.45, 7) is 3.70. The number of carbonyl (C=O) groups excluding carboxylic acids is 5. The van der Waals surface area contributed by atoms with Gasteiger partial charge in [0.05, 0.1) is 48.1 Å². The van der Waals surface area contributed by atoms with Crippen LogP contribution < -0.4 is 20.7 Å². The van der Waals surface area contributed by atoms with Gasteiger partial charge in [-0.1, -0.05) is 24.6 Å². The first-order valence-corrected chi connectivity index (χ1v) is 20.0. The lowest BCUT2D eigenvalue weighted by atomic mass is 9.73. The third kappa shape index (κ3) is 9.14. The van der Waals surface area contributed by atoms with Crippen LogP contribution >= 0.6 is 11.6 Å². The van der Waals surface area contributed by atoms with E-state index in [0.29, 0.717) is 54.4 Å². The van der Waals surface area contributed by atoms with Crippen molar-refractivity contribution in [2.75, 3.05) is 50.2 Å². The van der Waals surface area contributed by atoms with Gasteiger partial charge in [0.25, 0.3) is 11.8 Å². The van der Waals surface area contributed by atoms with Gasteiger partial charge < -0.3 is 24.8 Å². The average Bonchev–Trinajstić information content (AvgIpc) is 3.48. The molecule has 2 atom stereocenters. The number of aromatic nitrogens is 1. The molecule has 13 nitrogen and oxygen atoms in total. The largest absolute Gasteiger partial charge is 0.490 e. The van der Waals surface area contributed by atoms with Crippen molar-refractivity contribution < 1.29 is 42.6 Å². The zero-order chi connectivity index (χ0) is 40.8. The van der Waals surface area contributed by atoms with E-state index in [1.165, 1.54) is 6.07 Å². The first-order chi connectivity index (χ1) is 28.1. The number of ether oxygens (including phenoxy) is 3. The number of carbonyl (C=O) groups is 5. The van der Waals surface area contributed by atoms with Gasteiger partial charge in [0.15, 0.2) is 0 Å². The fourth-order valence-electron chi connectivity index (χ4n) is 8.04. The van der Waals surface area contributed by atoms with Crippen LogP contribution in [0.2, 0.25) is 5.02 Å². The summed E-state index contributed by atoms with van der Waals surface area (Å²) in [5, 5.41) is 9.62. The normalized spacial score (nSPS) is 19.8. The van der Waals surface area contributed by atoms with Crippen LogP contribution in [0.25, 0.3) is 10.9 Å². The van der Waals surface area contributed by atoms with E-state index in [9.17, 15) is 28.4 Å². The molecule has 2 fully saturated rings. The zero-order valence-electron chi connectivity index (χ0n) is 32.1. The molecule has 3 aromatic carbocycles. The molecule has 1 aliphatic carbocycles. The molecule has 5 amide bonds. The lowest BCUT2D eigenvalue weighted by Gasteiger charge is -2.32. The molecular formula is C43H45ClFN5O8. The Morgan fingerprint density at radius 2 is 1.71 bits per heavy atom. The average molecular weight is 814 g/mol. The van der Waals surface area contributed by atoms with Gasteiger partial charge in [-0.2, -0.15) is 0 Å². The van der Waals surface area contributed by atoms with Crippen LogP contribution in [0, 0.1) is 17.7 Å². The molecule has 7 rings (SSSR count). The van der Waals surface area contributed by atoms with Gasteiger partial charge in [0, 0.05) is 47.9 Å². The summed E-state index contributed by atoms with van der Waals surface area (Å²) in [4.78, 5) is 68.8. The molecule has 58 heavy (non-hydrogen) atoms. The van der Waals surface area contributed by atoms with Crippen LogP contribution in [0.3, 0.4) is 0 Å². The van der Waals surface area contributed by atoms with E-state index in [2.05, 4.69) is 20.9 Å². The Bertz CT molecular complexity index is 2210. The number of hydrogen-bond acceptors (Lipinski definition) is 10. The highest BCUT2D eigenvalue weighted by molar-refractivity contribution is 6.32. The molecular weight excluding hydrogens is 769 g/mol. The van der Waals surface area contributed by atoms with Crippen LogP contribution in [0.15, 0.2) is 66.9 Å². The third-order valence-electron chi connectivity index (χ3n) is 11.2. The molecule has 1 saturated heterocycles. The summed E-state index contributed by atoms with van der Waals surface area (Å²) in [7, 11) is 0. The van der Waals surface area contributed by atoms with Crippen LogP contribution in [-0.2, 0) is 23.9 Å². The number of nitrogens with one attached hydrogen (secondary N) is 3. The summed E-state index contributed by atoms with van der Waals surface area (Å²) in [5.74, 6) is -1.83. The molecule has 304 valence electrons. The Morgan fingerprint density at radius 3 is 2.50 bits per heavy atom. The summed E-state index contributed by atoms with van der Waals surface area (Å²) >= 11 is 6.39. The molecule has 4 aromatic rings. The van der Waals surface area contributed by atoms with Gasteiger partial charge in [-0.05, 0) is 98.0 Å². The molecule has 15 heteroatoms. The number of pyridine rings is 1. The Morgan fingerprint density at radius 1 is 0.931 bits per heavy atom. The van der Waals surface area contributed by atoms with Gasteiger partial charge in [-0.25, -0.2) is 4.39 Å². The number of fused-ring (bicyclic) bond motifs is 2. The number of imide groups is 2. The summed E-state index contributed by atoms with van der Waals surface area (Å²) in [6.07, 6.45) is 5.54. The molecule has 1 aromatic heterocycles. The maximum atomic E-state index is 14.0. The molecule has 0 bridgehead atoms. The molecule has 3 N–H and O–H groups in total. The number of amides is 5. The number of piperidine rings is 1. The predicted octanol–water partition coefficient (Wildman–Crippen LogP) is 6.50. The maximum Gasteiger partial charge on any atom is 0.264 e. The second-order valence-electron chi connectivity index (χ2n) is 14.8. The Hall–Kier alpha value is -5.44. The smallest absolute Gasteiger partial charge is 0.264 e.